The molecule has 41 heavy (non-hydrogen) atoms. The van der Waals surface area contributed by atoms with E-state index in [2.05, 4.69) is 0 Å². The van der Waals surface area contributed by atoms with Crippen molar-refractivity contribution in [2.24, 2.45) is 5.73 Å². The number of Topliss-reactive ketones (excluding diaryl/α,β-unsaturated/α-hetero) is 1. The standard InChI is InChI=1S/C8H7ClO2.C7H6ClNO2.C7H5ClO3.CH4O.H3N.H2O4S/c1-5(10)7-4-6(9)2-3-8(7)11;8-4-1-2-6(10)5(3-4)7(9)11;8-4-1-2-6(9)5(3-4)7(10)11;1-2;;1-5(2,3)4/h2-4,11H,1H3;1-3,10H,(H2,9,11);1-3,9H,(H,10,11);2H,1H3;1H3;(H2,1,2,3,4). The Bertz CT molecular complexity index is 1270. The summed E-state index contributed by atoms with van der Waals surface area (Å²) in [5, 5.41) is 43.7. The Morgan fingerprint density at radius 3 is 1.17 bits per heavy atom. The van der Waals surface area contributed by atoms with E-state index in [1.165, 1.54) is 61.5 Å². The van der Waals surface area contributed by atoms with E-state index in [0.717, 1.165) is 7.11 Å². The van der Waals surface area contributed by atoms with E-state index in [-0.39, 0.29) is 45.9 Å². The average Bonchev–Trinajstić information content (AvgIpc) is 2.84. The number of carboxylic acids is 1. The maximum atomic E-state index is 10.8. The molecule has 1 amide bonds. The van der Waals surface area contributed by atoms with Gasteiger partial charge in [-0.05, 0) is 61.5 Å². The smallest absolute Gasteiger partial charge is 0.394 e. The second kappa shape index (κ2) is 20.2. The molecule has 0 saturated heterocycles. The van der Waals surface area contributed by atoms with Gasteiger partial charge in [-0.25, -0.2) is 4.79 Å². The number of aromatic carboxylic acids is 1. The largest absolute Gasteiger partial charge is 0.507 e. The first kappa shape index (κ1) is 41.8. The highest BCUT2D eigenvalue weighted by atomic mass is 35.5. The first-order valence-corrected chi connectivity index (χ1v) is 12.5. The third-order valence-electron chi connectivity index (χ3n) is 3.75. The molecule has 0 aliphatic carbocycles. The van der Waals surface area contributed by atoms with Gasteiger partial charge in [0.05, 0.1) is 11.1 Å². The number of amides is 1. The third-order valence-corrected chi connectivity index (χ3v) is 4.46. The number of halogens is 3. The van der Waals surface area contributed by atoms with Crippen molar-refractivity contribution in [2.45, 2.75) is 6.92 Å². The lowest BCUT2D eigenvalue weighted by molar-refractivity contribution is 0.0693. The zero-order valence-electron chi connectivity index (χ0n) is 21.2. The Hall–Kier alpha value is -3.67. The van der Waals surface area contributed by atoms with Gasteiger partial charge in [-0.1, -0.05) is 34.8 Å². The summed E-state index contributed by atoms with van der Waals surface area (Å²) in [6.07, 6.45) is 0. The van der Waals surface area contributed by atoms with Gasteiger partial charge in [-0.3, -0.25) is 18.7 Å². The molecule has 0 aliphatic heterocycles. The van der Waals surface area contributed by atoms with Crippen molar-refractivity contribution in [3.05, 3.63) is 86.4 Å². The van der Waals surface area contributed by atoms with E-state index in [4.69, 9.17) is 83.6 Å². The molecule has 0 spiro atoms. The van der Waals surface area contributed by atoms with Crippen LogP contribution >= 0.6 is 34.8 Å². The van der Waals surface area contributed by atoms with Crippen molar-refractivity contribution in [1.29, 1.82) is 0 Å². The van der Waals surface area contributed by atoms with Crippen LogP contribution in [0.25, 0.3) is 0 Å². The first-order chi connectivity index (χ1) is 18.3. The lowest BCUT2D eigenvalue weighted by Gasteiger charge is -1.99. The van der Waals surface area contributed by atoms with E-state index in [9.17, 15) is 14.4 Å². The molecule has 228 valence electrons. The van der Waals surface area contributed by atoms with E-state index in [0.29, 0.717) is 15.1 Å². The van der Waals surface area contributed by atoms with Gasteiger partial charge in [0.1, 0.15) is 22.8 Å². The van der Waals surface area contributed by atoms with Crippen LogP contribution < -0.4 is 11.9 Å². The number of aliphatic hydroxyl groups excluding tert-OH is 1. The number of phenols is 3. The fourth-order valence-electron chi connectivity index (χ4n) is 2.18. The van der Waals surface area contributed by atoms with Gasteiger partial charge < -0.3 is 37.4 Å². The van der Waals surface area contributed by atoms with Crippen LogP contribution in [0.1, 0.15) is 38.0 Å². The molecule has 0 unspecified atom stereocenters. The molecule has 0 bridgehead atoms. The molecule has 0 radical (unpaired) electrons. The van der Waals surface area contributed by atoms with Crippen LogP contribution in [0.4, 0.5) is 0 Å². The maximum Gasteiger partial charge on any atom is 0.394 e. The molecule has 18 heteroatoms. The predicted octanol–water partition coefficient (Wildman–Crippen LogP) is 4.25. The van der Waals surface area contributed by atoms with Gasteiger partial charge >= 0.3 is 16.4 Å². The number of carboxylic acid groups (broad SMARTS) is 1. The second-order valence-electron chi connectivity index (χ2n) is 6.66. The lowest BCUT2D eigenvalue weighted by Crippen LogP contribution is -2.10. The number of carbonyl (C=O) groups excluding carboxylic acids is 2. The van der Waals surface area contributed by atoms with Crippen LogP contribution in [0.2, 0.25) is 15.1 Å². The van der Waals surface area contributed by atoms with Gasteiger partial charge in [0.15, 0.2) is 5.78 Å². The van der Waals surface area contributed by atoms with Gasteiger partial charge in [0.25, 0.3) is 5.91 Å². The molecule has 12 N–H and O–H groups in total. The normalized spacial score (nSPS) is 9.27. The van der Waals surface area contributed by atoms with Crippen LogP contribution in [0.3, 0.4) is 0 Å². The molecule has 0 saturated carbocycles. The second-order valence-corrected chi connectivity index (χ2v) is 8.86. The SMILES string of the molecule is CC(=O)c1cc(Cl)ccc1O.CO.N.NC(=O)c1cc(Cl)ccc1O.O=C(O)c1cc(Cl)ccc1O.O=S(=O)(O)O. The number of aromatic hydroxyl groups is 3. The van der Waals surface area contributed by atoms with Crippen molar-refractivity contribution < 1.29 is 57.4 Å². The number of hydrogen-bond donors (Lipinski definition) is 9. The third kappa shape index (κ3) is 19.1. The number of hydrogen-bond acceptors (Lipinski definition) is 10. The molecular weight excluding hydrogens is 635 g/mol. The topological polar surface area (TPSA) is 288 Å². The number of ketones is 1. The summed E-state index contributed by atoms with van der Waals surface area (Å²) in [6, 6.07) is 12.3. The van der Waals surface area contributed by atoms with Crippen LogP contribution in [-0.4, -0.2) is 67.8 Å². The fraction of sp³-hybridized carbons (Fsp3) is 0.0870. The van der Waals surface area contributed by atoms with Gasteiger partial charge in [-0.2, -0.15) is 8.42 Å². The first-order valence-electron chi connectivity index (χ1n) is 9.97. The van der Waals surface area contributed by atoms with E-state index in [1.54, 1.807) is 0 Å². The summed E-state index contributed by atoms with van der Waals surface area (Å²) in [4.78, 5) is 31.7. The molecule has 3 rings (SSSR count). The summed E-state index contributed by atoms with van der Waals surface area (Å²) >= 11 is 16.6. The van der Waals surface area contributed by atoms with Gasteiger partial charge in [0.2, 0.25) is 0 Å². The molecule has 3 aromatic carbocycles. The monoisotopic (exact) mass is 660 g/mol. The minimum atomic E-state index is -4.67. The molecule has 3 aromatic rings. The Balaban J connectivity index is -0.000000470. The molecule has 0 atom stereocenters. The zero-order valence-corrected chi connectivity index (χ0v) is 24.3. The van der Waals surface area contributed by atoms with Crippen molar-refractivity contribution >= 4 is 62.9 Å². The molecular formula is C23H27Cl3N2O12S. The summed E-state index contributed by atoms with van der Waals surface area (Å²) in [5.41, 5.74) is 5.04. The fourth-order valence-corrected chi connectivity index (χ4v) is 2.69. The van der Waals surface area contributed by atoms with Crippen molar-refractivity contribution in [2.75, 3.05) is 7.11 Å². The number of benzene rings is 3. The van der Waals surface area contributed by atoms with Crippen LogP contribution in [0, 0.1) is 0 Å². The summed E-state index contributed by atoms with van der Waals surface area (Å²) in [5.74, 6) is -2.52. The molecule has 0 fully saturated rings. The van der Waals surface area contributed by atoms with Gasteiger partial charge in [0, 0.05) is 22.2 Å². The average molecular weight is 662 g/mol. The van der Waals surface area contributed by atoms with E-state index in [1.807, 2.05) is 0 Å². The number of carbonyl (C=O) groups is 3. The highest BCUT2D eigenvalue weighted by Crippen LogP contribution is 2.22. The number of phenolic OH excluding ortho intramolecular Hbond substituents is 1. The van der Waals surface area contributed by atoms with Crippen LogP contribution in [0.5, 0.6) is 17.2 Å². The molecule has 0 aromatic heterocycles. The number of aliphatic hydroxyl groups is 1. The molecule has 0 aliphatic rings. The summed E-state index contributed by atoms with van der Waals surface area (Å²) in [7, 11) is -3.67. The van der Waals surface area contributed by atoms with Crippen LogP contribution in [0.15, 0.2) is 54.6 Å². The highest BCUT2D eigenvalue weighted by molar-refractivity contribution is 7.79. The summed E-state index contributed by atoms with van der Waals surface area (Å²) < 4.78 is 31.6. The van der Waals surface area contributed by atoms with Crippen molar-refractivity contribution in [3.63, 3.8) is 0 Å². The quantitative estimate of drug-likeness (QED) is 0.140. The maximum absolute atomic E-state index is 10.8. The summed E-state index contributed by atoms with van der Waals surface area (Å²) in [6.45, 7) is 1.38. The minimum Gasteiger partial charge on any atom is -0.507 e. The highest BCUT2D eigenvalue weighted by Gasteiger charge is 2.09. The van der Waals surface area contributed by atoms with E-state index < -0.39 is 22.3 Å². The Kier molecular flexibility index (Phi) is 20.6. The van der Waals surface area contributed by atoms with E-state index >= 15 is 0 Å². The van der Waals surface area contributed by atoms with Crippen molar-refractivity contribution in [3.8, 4) is 17.2 Å². The Labute approximate surface area is 249 Å². The lowest BCUT2D eigenvalue weighted by atomic mass is 10.1. The van der Waals surface area contributed by atoms with Crippen molar-refractivity contribution in [1.82, 2.24) is 6.15 Å². The van der Waals surface area contributed by atoms with Crippen LogP contribution in [-0.2, 0) is 10.4 Å². The zero-order chi connectivity index (χ0) is 31.8. The minimum absolute atomic E-state index is 0. The Morgan fingerprint density at radius 1 is 0.683 bits per heavy atom. The predicted molar refractivity (Wildman–Crippen MR) is 152 cm³/mol. The molecule has 0 heterocycles. The van der Waals surface area contributed by atoms with Gasteiger partial charge in [-0.15, -0.1) is 0 Å². The number of rotatable bonds is 3. The molecule has 14 nitrogen and oxygen atoms in total. The number of nitrogens with two attached hydrogens (primary N) is 1. The Morgan fingerprint density at radius 2 is 0.951 bits per heavy atom. The number of primary amides is 1.